The maximum atomic E-state index is 5.70. The van der Waals surface area contributed by atoms with Crippen molar-refractivity contribution in [1.29, 1.82) is 0 Å². The third kappa shape index (κ3) is 4.42. The molecule has 3 nitrogen and oxygen atoms in total. The zero-order chi connectivity index (χ0) is 11.1. The van der Waals surface area contributed by atoms with Gasteiger partial charge in [-0.25, -0.2) is 0 Å². The van der Waals surface area contributed by atoms with Gasteiger partial charge in [0.05, 0.1) is 0 Å². The Bertz CT molecular complexity index is 269. The number of nitrogens with two attached hydrogens (primary N) is 2. The molecule has 1 unspecified atom stereocenters. The average molecular weight is 207 g/mol. The van der Waals surface area contributed by atoms with E-state index in [2.05, 4.69) is 36.5 Å². The number of hydrogen-bond acceptors (Lipinski definition) is 3. The van der Waals surface area contributed by atoms with E-state index < -0.39 is 0 Å². The Kier molecular flexibility index (Phi) is 5.32. The van der Waals surface area contributed by atoms with Crippen molar-refractivity contribution in [3.05, 3.63) is 35.4 Å². The lowest BCUT2D eigenvalue weighted by molar-refractivity contribution is 0.582. The molecule has 1 aromatic rings. The molecule has 1 aromatic carbocycles. The van der Waals surface area contributed by atoms with Gasteiger partial charge in [-0.2, -0.15) is 0 Å². The van der Waals surface area contributed by atoms with Gasteiger partial charge in [0.25, 0.3) is 0 Å². The van der Waals surface area contributed by atoms with Crippen LogP contribution in [0.5, 0.6) is 0 Å². The molecule has 0 aliphatic carbocycles. The second kappa shape index (κ2) is 6.56. The lowest BCUT2D eigenvalue weighted by Crippen LogP contribution is -2.39. The molecule has 0 amide bonds. The molecule has 0 saturated heterocycles. The summed E-state index contributed by atoms with van der Waals surface area (Å²) in [5, 5.41) is 3.28. The highest BCUT2D eigenvalue weighted by atomic mass is 14.9. The van der Waals surface area contributed by atoms with Crippen LogP contribution in [-0.4, -0.2) is 19.1 Å². The van der Waals surface area contributed by atoms with Crippen LogP contribution in [0.3, 0.4) is 0 Å². The summed E-state index contributed by atoms with van der Waals surface area (Å²) in [5.41, 5.74) is 13.8. The van der Waals surface area contributed by atoms with Crippen LogP contribution in [0.2, 0.25) is 0 Å². The van der Waals surface area contributed by atoms with E-state index in [1.54, 1.807) is 0 Å². The topological polar surface area (TPSA) is 64.1 Å². The molecule has 0 spiro atoms. The fourth-order valence-corrected chi connectivity index (χ4v) is 1.38. The second-order valence-electron chi connectivity index (χ2n) is 3.80. The van der Waals surface area contributed by atoms with Crippen LogP contribution in [0.4, 0.5) is 0 Å². The molecule has 0 aromatic heterocycles. The quantitative estimate of drug-likeness (QED) is 0.641. The van der Waals surface area contributed by atoms with Crippen LogP contribution in [0.1, 0.15) is 18.1 Å². The molecule has 0 fully saturated rings. The second-order valence-corrected chi connectivity index (χ2v) is 3.80. The zero-order valence-corrected chi connectivity index (χ0v) is 9.37. The Labute approximate surface area is 91.9 Å². The summed E-state index contributed by atoms with van der Waals surface area (Å²) < 4.78 is 0. The van der Waals surface area contributed by atoms with Crippen molar-refractivity contribution in [1.82, 2.24) is 5.32 Å². The number of benzene rings is 1. The van der Waals surface area contributed by atoms with E-state index in [9.17, 15) is 0 Å². The van der Waals surface area contributed by atoms with E-state index in [1.165, 1.54) is 11.1 Å². The molecular weight excluding hydrogens is 186 g/mol. The molecular formula is C12H21N3. The molecule has 15 heavy (non-hydrogen) atoms. The summed E-state index contributed by atoms with van der Waals surface area (Å²) in [6.45, 7) is 4.32. The van der Waals surface area contributed by atoms with Crippen molar-refractivity contribution >= 4 is 0 Å². The normalized spacial score (nSPS) is 12.7. The fourth-order valence-electron chi connectivity index (χ4n) is 1.38. The van der Waals surface area contributed by atoms with Gasteiger partial charge in [-0.1, -0.05) is 31.2 Å². The van der Waals surface area contributed by atoms with Crippen molar-refractivity contribution < 1.29 is 0 Å². The minimum atomic E-state index is 0.0555. The van der Waals surface area contributed by atoms with Crippen molar-refractivity contribution in [2.45, 2.75) is 25.9 Å². The van der Waals surface area contributed by atoms with Gasteiger partial charge < -0.3 is 16.8 Å². The highest BCUT2D eigenvalue weighted by Gasteiger charge is 1.98. The largest absolute Gasteiger partial charge is 0.329 e. The van der Waals surface area contributed by atoms with E-state index in [-0.39, 0.29) is 6.04 Å². The van der Waals surface area contributed by atoms with Crippen LogP contribution in [0.25, 0.3) is 0 Å². The van der Waals surface area contributed by atoms with Crippen molar-refractivity contribution in [2.24, 2.45) is 11.5 Å². The third-order valence-corrected chi connectivity index (χ3v) is 2.47. The number of aryl methyl sites for hydroxylation is 1. The van der Waals surface area contributed by atoms with E-state index >= 15 is 0 Å². The monoisotopic (exact) mass is 207 g/mol. The molecule has 3 heteroatoms. The molecule has 84 valence electrons. The van der Waals surface area contributed by atoms with Gasteiger partial charge in [0.2, 0.25) is 0 Å². The molecule has 5 N–H and O–H groups in total. The van der Waals surface area contributed by atoms with Crippen molar-refractivity contribution in [3.63, 3.8) is 0 Å². The van der Waals surface area contributed by atoms with Gasteiger partial charge in [0.15, 0.2) is 0 Å². The summed E-state index contributed by atoms with van der Waals surface area (Å²) in [4.78, 5) is 0. The van der Waals surface area contributed by atoms with Crippen LogP contribution in [0.15, 0.2) is 24.3 Å². The third-order valence-electron chi connectivity index (χ3n) is 2.47. The Morgan fingerprint density at radius 3 is 2.33 bits per heavy atom. The average Bonchev–Trinajstić information content (AvgIpc) is 2.29. The predicted octanol–water partition coefficient (Wildman–Crippen LogP) is 0.625. The SMILES string of the molecule is CCc1ccc(CNCC(N)CN)cc1. The molecule has 0 heterocycles. The highest BCUT2D eigenvalue weighted by molar-refractivity contribution is 5.22. The molecule has 0 saturated carbocycles. The van der Waals surface area contributed by atoms with E-state index in [1.807, 2.05) is 0 Å². The van der Waals surface area contributed by atoms with Gasteiger partial charge in [-0.05, 0) is 17.5 Å². The Hall–Kier alpha value is -0.900. The van der Waals surface area contributed by atoms with Crippen LogP contribution in [0, 0.1) is 0 Å². The zero-order valence-electron chi connectivity index (χ0n) is 9.37. The standard InChI is InChI=1S/C12H21N3/c1-2-10-3-5-11(6-4-10)8-15-9-12(14)7-13/h3-6,12,15H,2,7-9,13-14H2,1H3. The van der Waals surface area contributed by atoms with Crippen LogP contribution < -0.4 is 16.8 Å². The van der Waals surface area contributed by atoms with Crippen LogP contribution in [-0.2, 0) is 13.0 Å². The van der Waals surface area contributed by atoms with Crippen molar-refractivity contribution in [3.8, 4) is 0 Å². The van der Waals surface area contributed by atoms with E-state index in [0.717, 1.165) is 19.5 Å². The molecule has 0 radical (unpaired) electrons. The predicted molar refractivity (Wildman–Crippen MR) is 64.6 cm³/mol. The summed E-state index contributed by atoms with van der Waals surface area (Å²) in [5.74, 6) is 0. The highest BCUT2D eigenvalue weighted by Crippen LogP contribution is 2.04. The Balaban J connectivity index is 2.31. The van der Waals surface area contributed by atoms with Crippen molar-refractivity contribution in [2.75, 3.05) is 13.1 Å². The summed E-state index contributed by atoms with van der Waals surface area (Å²) in [6, 6.07) is 8.69. The maximum Gasteiger partial charge on any atom is 0.0290 e. The number of rotatable bonds is 6. The molecule has 1 rings (SSSR count). The first-order valence-corrected chi connectivity index (χ1v) is 5.50. The molecule has 0 aliphatic rings. The summed E-state index contributed by atoms with van der Waals surface area (Å²) in [6.07, 6.45) is 1.09. The minimum Gasteiger partial charge on any atom is -0.329 e. The van der Waals surface area contributed by atoms with Gasteiger partial charge in [0.1, 0.15) is 0 Å². The van der Waals surface area contributed by atoms with Crippen LogP contribution >= 0.6 is 0 Å². The lowest BCUT2D eigenvalue weighted by atomic mass is 10.1. The van der Waals surface area contributed by atoms with Gasteiger partial charge in [0, 0.05) is 25.7 Å². The molecule has 1 atom stereocenters. The van der Waals surface area contributed by atoms with E-state index in [4.69, 9.17) is 11.5 Å². The van der Waals surface area contributed by atoms with Gasteiger partial charge >= 0.3 is 0 Å². The summed E-state index contributed by atoms with van der Waals surface area (Å²) >= 11 is 0. The maximum absolute atomic E-state index is 5.70. The lowest BCUT2D eigenvalue weighted by Gasteiger charge is -2.10. The first-order valence-electron chi connectivity index (χ1n) is 5.50. The van der Waals surface area contributed by atoms with Gasteiger partial charge in [-0.15, -0.1) is 0 Å². The van der Waals surface area contributed by atoms with E-state index in [0.29, 0.717) is 6.54 Å². The minimum absolute atomic E-state index is 0.0555. The molecule has 0 aliphatic heterocycles. The smallest absolute Gasteiger partial charge is 0.0290 e. The van der Waals surface area contributed by atoms with Gasteiger partial charge in [-0.3, -0.25) is 0 Å². The first kappa shape index (κ1) is 12.2. The Morgan fingerprint density at radius 2 is 1.80 bits per heavy atom. The molecule has 0 bridgehead atoms. The Morgan fingerprint density at radius 1 is 1.20 bits per heavy atom. The fraction of sp³-hybridized carbons (Fsp3) is 0.500. The first-order chi connectivity index (χ1) is 7.26. The summed E-state index contributed by atoms with van der Waals surface area (Å²) in [7, 11) is 0. The number of hydrogen-bond donors (Lipinski definition) is 3. The number of nitrogens with one attached hydrogen (secondary N) is 1.